The van der Waals surface area contributed by atoms with Gasteiger partial charge in [-0.15, -0.1) is 0 Å². The summed E-state index contributed by atoms with van der Waals surface area (Å²) in [7, 11) is 0. The zero-order valence-corrected chi connectivity index (χ0v) is 10.5. The molecule has 0 saturated heterocycles. The molecule has 102 valence electrons. The second kappa shape index (κ2) is 6.33. The van der Waals surface area contributed by atoms with Gasteiger partial charge in [-0.05, 0) is 18.2 Å². The number of nitro groups is 1. The molecule has 2 aromatic rings. The third-order valence-electron chi connectivity index (χ3n) is 2.48. The number of hydrogen-bond donors (Lipinski definition) is 1. The van der Waals surface area contributed by atoms with Crippen molar-refractivity contribution in [2.24, 2.45) is 0 Å². The number of benzene rings is 2. The highest BCUT2D eigenvalue weighted by atomic mass is 16.6. The van der Waals surface area contributed by atoms with Crippen LogP contribution >= 0.6 is 0 Å². The normalized spacial score (nSPS) is 9.80. The van der Waals surface area contributed by atoms with E-state index in [9.17, 15) is 14.9 Å². The standard InChI is InChI=1S/C14H12N2O4/c17-14(15-11-6-2-1-3-7-11)10-20-13-9-5-4-8-12(13)16(18)19/h1-9H,10H2,(H,15,17). The minimum absolute atomic E-state index is 0.0701. The van der Waals surface area contributed by atoms with Gasteiger partial charge in [0, 0.05) is 11.8 Å². The molecular formula is C14H12N2O4. The van der Waals surface area contributed by atoms with Crippen LogP contribution < -0.4 is 10.1 Å². The van der Waals surface area contributed by atoms with Gasteiger partial charge in [-0.2, -0.15) is 0 Å². The molecule has 0 radical (unpaired) electrons. The minimum atomic E-state index is -0.551. The Morgan fingerprint density at radius 2 is 1.75 bits per heavy atom. The first kappa shape index (κ1) is 13.5. The van der Waals surface area contributed by atoms with Gasteiger partial charge in [0.25, 0.3) is 5.91 Å². The first-order valence-electron chi connectivity index (χ1n) is 5.88. The van der Waals surface area contributed by atoms with E-state index in [2.05, 4.69) is 5.32 Å². The van der Waals surface area contributed by atoms with Crippen LogP contribution in [0, 0.1) is 10.1 Å². The van der Waals surface area contributed by atoms with Crippen LogP contribution in [-0.2, 0) is 4.79 Å². The molecule has 6 nitrogen and oxygen atoms in total. The van der Waals surface area contributed by atoms with Gasteiger partial charge < -0.3 is 10.1 Å². The van der Waals surface area contributed by atoms with Gasteiger partial charge in [-0.3, -0.25) is 14.9 Å². The summed E-state index contributed by atoms with van der Waals surface area (Å²) in [5.74, 6) is -0.310. The Morgan fingerprint density at radius 3 is 2.45 bits per heavy atom. The van der Waals surface area contributed by atoms with E-state index in [1.54, 1.807) is 30.3 Å². The fourth-order valence-electron chi connectivity index (χ4n) is 1.59. The van der Waals surface area contributed by atoms with Crippen molar-refractivity contribution in [1.82, 2.24) is 0 Å². The molecule has 0 aromatic heterocycles. The quantitative estimate of drug-likeness (QED) is 0.670. The van der Waals surface area contributed by atoms with Gasteiger partial charge >= 0.3 is 5.69 Å². The minimum Gasteiger partial charge on any atom is -0.477 e. The first-order valence-corrected chi connectivity index (χ1v) is 5.88. The number of nitrogens with one attached hydrogen (secondary N) is 1. The second-order valence-corrected chi connectivity index (χ2v) is 3.93. The molecule has 2 rings (SSSR count). The lowest BCUT2D eigenvalue weighted by Crippen LogP contribution is -2.20. The molecule has 0 atom stereocenters. The lowest BCUT2D eigenvalue weighted by molar-refractivity contribution is -0.385. The first-order chi connectivity index (χ1) is 9.66. The maximum atomic E-state index is 11.7. The number of para-hydroxylation sites is 3. The number of carbonyl (C=O) groups excluding carboxylic acids is 1. The average molecular weight is 272 g/mol. The third-order valence-corrected chi connectivity index (χ3v) is 2.48. The summed E-state index contributed by atoms with van der Waals surface area (Å²) >= 11 is 0. The highest BCUT2D eigenvalue weighted by Gasteiger charge is 2.14. The van der Waals surface area contributed by atoms with Gasteiger partial charge in [0.05, 0.1) is 4.92 Å². The number of carbonyl (C=O) groups is 1. The molecule has 2 aromatic carbocycles. The Labute approximate surface area is 115 Å². The fraction of sp³-hybridized carbons (Fsp3) is 0.0714. The van der Waals surface area contributed by atoms with E-state index in [0.717, 1.165) is 0 Å². The van der Waals surface area contributed by atoms with Crippen molar-refractivity contribution in [3.05, 3.63) is 64.7 Å². The van der Waals surface area contributed by atoms with Crippen molar-refractivity contribution >= 4 is 17.3 Å². The number of nitrogens with zero attached hydrogens (tertiary/aromatic N) is 1. The Bertz CT molecular complexity index is 614. The Kier molecular flexibility index (Phi) is 4.28. The molecule has 0 aliphatic heterocycles. The summed E-state index contributed by atoms with van der Waals surface area (Å²) in [6.45, 7) is -0.292. The SMILES string of the molecule is O=C(COc1ccccc1[N+](=O)[O-])Nc1ccccc1. The molecular weight excluding hydrogens is 260 g/mol. The zero-order valence-electron chi connectivity index (χ0n) is 10.5. The zero-order chi connectivity index (χ0) is 14.4. The number of rotatable bonds is 5. The largest absolute Gasteiger partial charge is 0.477 e. The Morgan fingerprint density at radius 1 is 1.10 bits per heavy atom. The average Bonchev–Trinajstić information content (AvgIpc) is 2.46. The Hall–Kier alpha value is -2.89. The predicted octanol–water partition coefficient (Wildman–Crippen LogP) is 2.61. The van der Waals surface area contributed by atoms with Crippen LogP contribution in [0.5, 0.6) is 5.75 Å². The third kappa shape index (κ3) is 3.55. The van der Waals surface area contributed by atoms with Crippen LogP contribution in [0.3, 0.4) is 0 Å². The summed E-state index contributed by atoms with van der Waals surface area (Å²) in [5, 5.41) is 13.4. The lowest BCUT2D eigenvalue weighted by atomic mass is 10.3. The highest BCUT2D eigenvalue weighted by molar-refractivity contribution is 5.91. The smallest absolute Gasteiger partial charge is 0.310 e. The van der Waals surface area contributed by atoms with Crippen LogP contribution in [0.4, 0.5) is 11.4 Å². The molecule has 1 N–H and O–H groups in total. The monoisotopic (exact) mass is 272 g/mol. The van der Waals surface area contributed by atoms with Crippen molar-refractivity contribution in [2.75, 3.05) is 11.9 Å². The van der Waals surface area contributed by atoms with Gasteiger partial charge in [0.15, 0.2) is 12.4 Å². The molecule has 6 heteroatoms. The van der Waals surface area contributed by atoms with Crippen LogP contribution in [0.2, 0.25) is 0 Å². The molecule has 0 saturated carbocycles. The fourth-order valence-corrected chi connectivity index (χ4v) is 1.59. The second-order valence-electron chi connectivity index (χ2n) is 3.93. The van der Waals surface area contributed by atoms with E-state index in [1.165, 1.54) is 18.2 Å². The summed E-state index contributed by atoms with van der Waals surface area (Å²) in [5.41, 5.74) is 0.476. The number of amides is 1. The van der Waals surface area contributed by atoms with E-state index in [-0.39, 0.29) is 24.0 Å². The van der Waals surface area contributed by atoms with Gasteiger partial charge in [-0.25, -0.2) is 0 Å². The summed E-state index contributed by atoms with van der Waals surface area (Å²) < 4.78 is 5.18. The van der Waals surface area contributed by atoms with Crippen LogP contribution in [0.15, 0.2) is 54.6 Å². The van der Waals surface area contributed by atoms with Crippen molar-refractivity contribution in [2.45, 2.75) is 0 Å². The number of hydrogen-bond acceptors (Lipinski definition) is 4. The Balaban J connectivity index is 1.96. The number of nitro benzene ring substituents is 1. The van der Waals surface area contributed by atoms with Crippen LogP contribution in [-0.4, -0.2) is 17.4 Å². The molecule has 0 aliphatic rings. The molecule has 0 unspecified atom stereocenters. The molecule has 0 bridgehead atoms. The van der Waals surface area contributed by atoms with E-state index in [0.29, 0.717) is 5.69 Å². The molecule has 0 spiro atoms. The van der Waals surface area contributed by atoms with Crippen LogP contribution in [0.1, 0.15) is 0 Å². The molecule has 0 heterocycles. The van der Waals surface area contributed by atoms with E-state index in [4.69, 9.17) is 4.74 Å². The summed E-state index contributed by atoms with van der Waals surface area (Å²) in [4.78, 5) is 21.9. The predicted molar refractivity (Wildman–Crippen MR) is 73.7 cm³/mol. The molecule has 0 aliphatic carbocycles. The number of ether oxygens (including phenoxy) is 1. The van der Waals surface area contributed by atoms with Gasteiger partial charge in [-0.1, -0.05) is 30.3 Å². The van der Waals surface area contributed by atoms with E-state index in [1.807, 2.05) is 6.07 Å². The molecule has 0 fully saturated rings. The lowest BCUT2D eigenvalue weighted by Gasteiger charge is -2.07. The summed E-state index contributed by atoms with van der Waals surface area (Å²) in [6, 6.07) is 14.8. The maximum Gasteiger partial charge on any atom is 0.310 e. The van der Waals surface area contributed by atoms with E-state index < -0.39 is 4.92 Å². The van der Waals surface area contributed by atoms with Crippen molar-refractivity contribution < 1.29 is 14.5 Å². The van der Waals surface area contributed by atoms with Gasteiger partial charge in [0.2, 0.25) is 0 Å². The topological polar surface area (TPSA) is 81.5 Å². The van der Waals surface area contributed by atoms with Gasteiger partial charge in [0.1, 0.15) is 0 Å². The molecule has 20 heavy (non-hydrogen) atoms. The number of anilines is 1. The summed E-state index contributed by atoms with van der Waals surface area (Å²) in [6.07, 6.45) is 0. The van der Waals surface area contributed by atoms with Crippen LogP contribution in [0.25, 0.3) is 0 Å². The maximum absolute atomic E-state index is 11.7. The van der Waals surface area contributed by atoms with Crippen molar-refractivity contribution in [3.63, 3.8) is 0 Å². The molecule has 1 amide bonds. The van der Waals surface area contributed by atoms with E-state index >= 15 is 0 Å². The van der Waals surface area contributed by atoms with Crippen molar-refractivity contribution in [1.29, 1.82) is 0 Å². The van der Waals surface area contributed by atoms with Crippen molar-refractivity contribution in [3.8, 4) is 5.75 Å². The highest BCUT2D eigenvalue weighted by Crippen LogP contribution is 2.25.